The van der Waals surface area contributed by atoms with Crippen molar-refractivity contribution in [1.29, 1.82) is 0 Å². The van der Waals surface area contributed by atoms with Crippen LogP contribution in [-0.4, -0.2) is 44.5 Å². The quantitative estimate of drug-likeness (QED) is 0.311. The zero-order valence-electron chi connectivity index (χ0n) is 21.9. The Morgan fingerprint density at radius 1 is 1.08 bits per heavy atom. The molecule has 2 heterocycles. The Balaban J connectivity index is 1.31. The summed E-state index contributed by atoms with van der Waals surface area (Å²) in [6, 6.07) is 15.5. The van der Waals surface area contributed by atoms with E-state index < -0.39 is 5.60 Å². The lowest BCUT2D eigenvalue weighted by molar-refractivity contribution is -0.00257. The number of benzene rings is 2. The van der Waals surface area contributed by atoms with Gasteiger partial charge in [-0.15, -0.1) is 0 Å². The van der Waals surface area contributed by atoms with Gasteiger partial charge in [0.05, 0.1) is 41.7 Å². The zero-order valence-corrected chi connectivity index (χ0v) is 22.7. The molecule has 0 spiro atoms. The number of aromatic nitrogens is 3. The van der Waals surface area contributed by atoms with Gasteiger partial charge in [0, 0.05) is 28.8 Å². The van der Waals surface area contributed by atoms with E-state index in [0.29, 0.717) is 17.1 Å². The minimum absolute atomic E-state index is 0.0789. The molecule has 2 aromatic heterocycles. The summed E-state index contributed by atoms with van der Waals surface area (Å²) in [5, 5.41) is 19.4. The van der Waals surface area contributed by atoms with E-state index in [1.165, 1.54) is 0 Å². The largest absolute Gasteiger partial charge is 0.497 e. The van der Waals surface area contributed by atoms with Crippen LogP contribution >= 0.6 is 11.6 Å². The number of pyridine rings is 1. The first-order valence-corrected chi connectivity index (χ1v) is 13.4. The monoisotopic (exact) mass is 532 g/mol. The van der Waals surface area contributed by atoms with Gasteiger partial charge in [0.1, 0.15) is 5.75 Å². The van der Waals surface area contributed by atoms with E-state index >= 15 is 0 Å². The molecule has 0 aliphatic heterocycles. The first-order valence-electron chi connectivity index (χ1n) is 13.0. The van der Waals surface area contributed by atoms with Crippen molar-refractivity contribution in [1.82, 2.24) is 20.1 Å². The number of hydrogen-bond donors (Lipinski definition) is 2. The van der Waals surface area contributed by atoms with Gasteiger partial charge in [-0.2, -0.15) is 5.10 Å². The molecule has 1 aliphatic rings. The highest BCUT2D eigenvalue weighted by Gasteiger charge is 2.31. The Morgan fingerprint density at radius 3 is 2.39 bits per heavy atom. The Bertz CT molecular complexity index is 1420. The van der Waals surface area contributed by atoms with E-state index in [1.54, 1.807) is 19.5 Å². The molecule has 0 atom stereocenters. The molecule has 198 valence electrons. The minimum Gasteiger partial charge on any atom is -0.497 e. The molecular weight excluding hydrogens is 500 g/mol. The van der Waals surface area contributed by atoms with Crippen LogP contribution in [0.15, 0.2) is 60.9 Å². The molecule has 2 N–H and O–H groups in total. The smallest absolute Gasteiger partial charge is 0.251 e. The second-order valence-electron chi connectivity index (χ2n) is 10.6. The van der Waals surface area contributed by atoms with Crippen molar-refractivity contribution in [2.45, 2.75) is 57.7 Å². The van der Waals surface area contributed by atoms with Crippen LogP contribution in [0.5, 0.6) is 5.75 Å². The highest BCUT2D eigenvalue weighted by atomic mass is 35.5. The van der Waals surface area contributed by atoms with Gasteiger partial charge in [-0.25, -0.2) is 0 Å². The standard InChI is InChI=1S/C30H33ClN4O3/c1-30(2,37)22-10-12-23(13-11-22)34-29(36)21-8-6-20(7-9-21)27-25-16-33-35(28(25)26(31)17-32-27)18-19-4-14-24(38-3)15-5-19/h4-9,14-17,22-23,37H,10-13,18H2,1-3H3,(H,34,36)/t22-,23-. The van der Waals surface area contributed by atoms with E-state index in [0.717, 1.165) is 59.2 Å². The number of nitrogens with one attached hydrogen (secondary N) is 1. The van der Waals surface area contributed by atoms with Crippen molar-refractivity contribution in [3.05, 3.63) is 77.1 Å². The summed E-state index contributed by atoms with van der Waals surface area (Å²) in [5.41, 5.74) is 3.49. The molecule has 0 radical (unpaired) electrons. The molecular formula is C30H33ClN4O3. The normalized spacial score (nSPS) is 17.9. The number of nitrogens with zero attached hydrogens (tertiary/aromatic N) is 3. The number of amides is 1. The van der Waals surface area contributed by atoms with Crippen LogP contribution in [0.1, 0.15) is 55.5 Å². The van der Waals surface area contributed by atoms with E-state index in [4.69, 9.17) is 16.3 Å². The van der Waals surface area contributed by atoms with Gasteiger partial charge in [0.2, 0.25) is 0 Å². The lowest BCUT2D eigenvalue weighted by atomic mass is 9.77. The number of hydrogen-bond acceptors (Lipinski definition) is 5. The van der Waals surface area contributed by atoms with Gasteiger partial charge >= 0.3 is 0 Å². The summed E-state index contributed by atoms with van der Waals surface area (Å²) in [6.45, 7) is 4.30. The summed E-state index contributed by atoms with van der Waals surface area (Å²) in [5.74, 6) is 1.00. The second-order valence-corrected chi connectivity index (χ2v) is 11.0. The van der Waals surface area contributed by atoms with Gasteiger partial charge in [0.25, 0.3) is 5.91 Å². The summed E-state index contributed by atoms with van der Waals surface area (Å²) in [4.78, 5) is 17.5. The lowest BCUT2D eigenvalue weighted by Crippen LogP contribution is -2.41. The van der Waals surface area contributed by atoms with Crippen molar-refractivity contribution in [2.24, 2.45) is 5.92 Å². The molecule has 1 aliphatic carbocycles. The van der Waals surface area contributed by atoms with Gasteiger partial charge in [0.15, 0.2) is 0 Å². The third kappa shape index (κ3) is 5.54. The Hall–Kier alpha value is -3.42. The maximum atomic E-state index is 12.9. The molecule has 2 aromatic carbocycles. The van der Waals surface area contributed by atoms with Gasteiger partial charge < -0.3 is 15.2 Å². The van der Waals surface area contributed by atoms with Crippen LogP contribution in [0.4, 0.5) is 0 Å². The van der Waals surface area contributed by atoms with E-state index in [1.807, 2.05) is 67.1 Å². The average Bonchev–Trinajstić information content (AvgIpc) is 3.34. The Labute approximate surface area is 227 Å². The first kappa shape index (κ1) is 26.2. The number of carbonyl (C=O) groups excluding carboxylic acids is 1. The second kappa shape index (κ2) is 10.8. The van der Waals surface area contributed by atoms with E-state index in [-0.39, 0.29) is 17.9 Å². The van der Waals surface area contributed by atoms with Crippen LogP contribution in [0.3, 0.4) is 0 Å². The number of aliphatic hydroxyl groups is 1. The predicted molar refractivity (Wildman–Crippen MR) is 150 cm³/mol. The topological polar surface area (TPSA) is 89.3 Å². The maximum Gasteiger partial charge on any atom is 0.251 e. The van der Waals surface area contributed by atoms with Crippen molar-refractivity contribution in [2.75, 3.05) is 7.11 Å². The van der Waals surface area contributed by atoms with Crippen molar-refractivity contribution >= 4 is 28.4 Å². The fourth-order valence-electron chi connectivity index (χ4n) is 5.31. The van der Waals surface area contributed by atoms with E-state index in [9.17, 15) is 9.90 Å². The number of halogens is 1. The number of ether oxygens (including phenoxy) is 1. The molecule has 38 heavy (non-hydrogen) atoms. The molecule has 1 amide bonds. The molecule has 8 heteroatoms. The zero-order chi connectivity index (χ0) is 26.9. The molecule has 5 rings (SSSR count). The number of rotatable bonds is 7. The predicted octanol–water partition coefficient (Wildman–Crippen LogP) is 5.87. The van der Waals surface area contributed by atoms with E-state index in [2.05, 4.69) is 15.4 Å². The number of fused-ring (bicyclic) bond motifs is 1. The average molecular weight is 533 g/mol. The van der Waals surface area contributed by atoms with Gasteiger partial charge in [-0.3, -0.25) is 14.5 Å². The van der Waals surface area contributed by atoms with Crippen LogP contribution in [0.2, 0.25) is 5.02 Å². The highest BCUT2D eigenvalue weighted by molar-refractivity contribution is 6.35. The number of carbonyl (C=O) groups is 1. The molecule has 1 saturated carbocycles. The summed E-state index contributed by atoms with van der Waals surface area (Å²) in [7, 11) is 1.65. The maximum absolute atomic E-state index is 12.9. The van der Waals surface area contributed by atoms with Crippen LogP contribution in [0.25, 0.3) is 22.2 Å². The lowest BCUT2D eigenvalue weighted by Gasteiger charge is -2.36. The highest BCUT2D eigenvalue weighted by Crippen LogP contribution is 2.33. The Kier molecular flexibility index (Phi) is 7.41. The minimum atomic E-state index is -0.669. The summed E-state index contributed by atoms with van der Waals surface area (Å²) >= 11 is 6.56. The van der Waals surface area contributed by atoms with Gasteiger partial charge in [-0.1, -0.05) is 35.9 Å². The van der Waals surface area contributed by atoms with Crippen molar-refractivity contribution in [3.8, 4) is 17.0 Å². The molecule has 0 bridgehead atoms. The summed E-state index contributed by atoms with van der Waals surface area (Å²) < 4.78 is 7.12. The molecule has 1 fully saturated rings. The molecule has 0 unspecified atom stereocenters. The van der Waals surface area contributed by atoms with Crippen LogP contribution in [-0.2, 0) is 6.54 Å². The molecule has 0 saturated heterocycles. The van der Waals surface area contributed by atoms with Crippen molar-refractivity contribution in [3.63, 3.8) is 0 Å². The summed E-state index contributed by atoms with van der Waals surface area (Å²) in [6.07, 6.45) is 7.03. The Morgan fingerprint density at radius 2 is 1.76 bits per heavy atom. The first-order chi connectivity index (χ1) is 18.2. The third-order valence-electron chi connectivity index (χ3n) is 7.60. The number of methoxy groups -OCH3 is 1. The fourth-order valence-corrected chi connectivity index (χ4v) is 5.56. The van der Waals surface area contributed by atoms with Gasteiger partial charge in [-0.05, 0) is 75.3 Å². The fraction of sp³-hybridized carbons (Fsp3) is 0.367. The van der Waals surface area contributed by atoms with Crippen LogP contribution < -0.4 is 10.1 Å². The van der Waals surface area contributed by atoms with Crippen molar-refractivity contribution < 1.29 is 14.6 Å². The molecule has 7 nitrogen and oxygen atoms in total. The SMILES string of the molecule is COc1ccc(Cn2ncc3c(-c4ccc(C(=O)N[C@H]5CC[C@H](C(C)(C)O)CC5)cc4)ncc(Cl)c32)cc1. The van der Waals surface area contributed by atoms with Crippen LogP contribution in [0, 0.1) is 5.92 Å². The third-order valence-corrected chi connectivity index (χ3v) is 7.88. The molecule has 4 aromatic rings.